The van der Waals surface area contributed by atoms with Gasteiger partial charge in [-0.2, -0.15) is 4.79 Å². The highest BCUT2D eigenvalue weighted by atomic mass is 16.6. The summed E-state index contributed by atoms with van der Waals surface area (Å²) < 4.78 is 15.8. The van der Waals surface area contributed by atoms with E-state index in [1.165, 1.54) is 0 Å². The first-order valence-electron chi connectivity index (χ1n) is 6.39. The Kier molecular flexibility index (Phi) is 4.01. The molecule has 2 aliphatic rings. The van der Waals surface area contributed by atoms with Crippen molar-refractivity contribution in [2.75, 3.05) is 20.3 Å². The van der Waals surface area contributed by atoms with Crippen LogP contribution in [0.3, 0.4) is 0 Å². The van der Waals surface area contributed by atoms with Gasteiger partial charge in [-0.3, -0.25) is 4.79 Å². The van der Waals surface area contributed by atoms with Crippen molar-refractivity contribution in [2.24, 2.45) is 5.92 Å². The molecule has 1 aliphatic heterocycles. The number of ether oxygens (including phenoxy) is 3. The van der Waals surface area contributed by atoms with E-state index < -0.39 is 29.0 Å². The molecular formula is C13H16N2O5. The number of nitrogens with zero attached hydrogens (tertiary/aromatic N) is 2. The Morgan fingerprint density at radius 1 is 1.50 bits per heavy atom. The van der Waals surface area contributed by atoms with Gasteiger partial charge in [-0.05, 0) is 18.9 Å². The predicted octanol–water partition coefficient (Wildman–Crippen LogP) is 0.499. The third kappa shape index (κ3) is 2.15. The van der Waals surface area contributed by atoms with Crippen LogP contribution >= 0.6 is 0 Å². The third-order valence-electron chi connectivity index (χ3n) is 3.77. The van der Waals surface area contributed by atoms with E-state index in [-0.39, 0.29) is 0 Å². The second kappa shape index (κ2) is 5.56. The van der Waals surface area contributed by atoms with E-state index in [1.807, 2.05) is 6.08 Å². The fourth-order valence-electron chi connectivity index (χ4n) is 2.67. The van der Waals surface area contributed by atoms with Gasteiger partial charge in [0.15, 0.2) is 0 Å². The van der Waals surface area contributed by atoms with E-state index in [2.05, 4.69) is 9.53 Å². The van der Waals surface area contributed by atoms with Gasteiger partial charge in [-0.1, -0.05) is 6.92 Å². The van der Waals surface area contributed by atoms with Crippen molar-refractivity contribution in [3.05, 3.63) is 17.4 Å². The average molecular weight is 280 g/mol. The molecule has 0 saturated carbocycles. The Hall–Kier alpha value is -1.98. The second-order valence-electron chi connectivity index (χ2n) is 4.72. The molecule has 0 aromatic heterocycles. The summed E-state index contributed by atoms with van der Waals surface area (Å²) in [5.74, 6) is -1.69. The Labute approximate surface area is 116 Å². The quantitative estimate of drug-likeness (QED) is 0.245. The molecule has 0 radical (unpaired) electrons. The van der Waals surface area contributed by atoms with E-state index in [9.17, 15) is 9.59 Å². The van der Waals surface area contributed by atoms with E-state index in [1.54, 1.807) is 6.92 Å². The van der Waals surface area contributed by atoms with Gasteiger partial charge in [0.1, 0.15) is 18.0 Å². The minimum atomic E-state index is -0.971. The third-order valence-corrected chi connectivity index (χ3v) is 3.77. The number of hydrogen-bond acceptors (Lipinski definition) is 5. The summed E-state index contributed by atoms with van der Waals surface area (Å²) in [5.41, 5.74) is 7.36. The number of Topliss-reactive ketones (excluding diaryl/α,β-unsaturated/α-hetero) is 1. The molecule has 7 heteroatoms. The SMILES string of the molecule is COC(=O)C(=[N+]=[N-])C(=O)[C@@H](C)[C@]12CCC=C1OCCO2. The molecule has 2 rings (SSSR count). The highest BCUT2D eigenvalue weighted by Gasteiger charge is 2.53. The number of ketones is 1. The van der Waals surface area contributed by atoms with E-state index in [0.717, 1.165) is 13.5 Å². The van der Waals surface area contributed by atoms with Crippen molar-refractivity contribution in [1.82, 2.24) is 0 Å². The van der Waals surface area contributed by atoms with Gasteiger partial charge < -0.3 is 19.7 Å². The van der Waals surface area contributed by atoms with Crippen molar-refractivity contribution in [3.8, 4) is 0 Å². The lowest BCUT2D eigenvalue weighted by molar-refractivity contribution is -0.154. The van der Waals surface area contributed by atoms with Crippen molar-refractivity contribution >= 4 is 17.5 Å². The van der Waals surface area contributed by atoms with Gasteiger partial charge in [-0.25, -0.2) is 4.79 Å². The van der Waals surface area contributed by atoms with Gasteiger partial charge in [-0.15, -0.1) is 0 Å². The lowest BCUT2D eigenvalue weighted by Gasteiger charge is -2.39. The van der Waals surface area contributed by atoms with Gasteiger partial charge in [0.2, 0.25) is 0 Å². The molecule has 0 bridgehead atoms. The zero-order chi connectivity index (χ0) is 14.8. The van der Waals surface area contributed by atoms with Crippen molar-refractivity contribution in [3.63, 3.8) is 0 Å². The van der Waals surface area contributed by atoms with E-state index in [0.29, 0.717) is 25.4 Å². The fourth-order valence-corrected chi connectivity index (χ4v) is 2.67. The maximum Gasteiger partial charge on any atom is 0.441 e. The Morgan fingerprint density at radius 3 is 2.90 bits per heavy atom. The molecule has 108 valence electrons. The van der Waals surface area contributed by atoms with Gasteiger partial charge >= 0.3 is 11.7 Å². The first-order chi connectivity index (χ1) is 9.56. The molecular weight excluding hydrogens is 264 g/mol. The van der Waals surface area contributed by atoms with Crippen LogP contribution in [0.4, 0.5) is 0 Å². The number of allylic oxidation sites excluding steroid dienone is 1. The normalized spacial score (nSPS) is 25.6. The number of hydrogen-bond donors (Lipinski definition) is 0. The van der Waals surface area contributed by atoms with Crippen LogP contribution < -0.4 is 0 Å². The first kappa shape index (κ1) is 14.4. The topological polar surface area (TPSA) is 98.2 Å². The Balaban J connectivity index is 2.28. The monoisotopic (exact) mass is 280 g/mol. The Morgan fingerprint density at radius 2 is 2.25 bits per heavy atom. The number of carbonyl (C=O) groups excluding carboxylic acids is 2. The van der Waals surface area contributed by atoms with Crippen LogP contribution in [0.15, 0.2) is 11.8 Å². The lowest BCUT2D eigenvalue weighted by Crippen LogP contribution is -2.50. The molecule has 0 amide bonds. The molecule has 0 aromatic carbocycles. The number of rotatable bonds is 4. The van der Waals surface area contributed by atoms with Crippen LogP contribution in [0.5, 0.6) is 0 Å². The lowest BCUT2D eigenvalue weighted by atomic mass is 9.81. The zero-order valence-electron chi connectivity index (χ0n) is 11.4. The van der Waals surface area contributed by atoms with Crippen molar-refractivity contribution in [1.29, 1.82) is 0 Å². The summed E-state index contributed by atoms with van der Waals surface area (Å²) in [5, 5.41) is 0. The smallest absolute Gasteiger partial charge is 0.441 e. The standard InChI is InChI=1S/C13H16N2O5/c1-8(11(16)10(15-14)12(17)18-2)13-5-3-4-9(13)19-6-7-20-13/h4,8H,3,5-7H2,1-2H3/t8-,13-/m1/s1. The van der Waals surface area contributed by atoms with Crippen LogP contribution in [-0.4, -0.2) is 48.2 Å². The molecule has 0 aromatic rings. The van der Waals surface area contributed by atoms with Crippen molar-refractivity contribution < 1.29 is 28.6 Å². The molecule has 7 nitrogen and oxygen atoms in total. The summed E-state index contributed by atoms with van der Waals surface area (Å²) in [7, 11) is 1.12. The molecule has 20 heavy (non-hydrogen) atoms. The summed E-state index contributed by atoms with van der Waals surface area (Å²) in [6, 6.07) is 0. The molecule has 1 fully saturated rings. The highest BCUT2D eigenvalue weighted by Crippen LogP contribution is 2.43. The van der Waals surface area contributed by atoms with Crippen LogP contribution in [0.2, 0.25) is 0 Å². The molecule has 0 N–H and O–H groups in total. The molecule has 2 atom stereocenters. The number of esters is 1. The first-order valence-corrected chi connectivity index (χ1v) is 6.39. The minimum absolute atomic E-state index is 0.374. The van der Waals surface area contributed by atoms with Crippen LogP contribution in [-0.2, 0) is 23.8 Å². The summed E-state index contributed by atoms with van der Waals surface area (Å²) in [4.78, 5) is 26.6. The van der Waals surface area contributed by atoms with Gasteiger partial charge in [0.05, 0.1) is 19.6 Å². The molecule has 1 aliphatic carbocycles. The number of methoxy groups -OCH3 is 1. The Bertz CT molecular complexity index is 521. The average Bonchev–Trinajstić information content (AvgIpc) is 2.91. The maximum absolute atomic E-state index is 12.4. The highest BCUT2D eigenvalue weighted by molar-refractivity contribution is 6.62. The van der Waals surface area contributed by atoms with Gasteiger partial charge in [0, 0.05) is 0 Å². The molecule has 0 unspecified atom stereocenters. The van der Waals surface area contributed by atoms with Crippen LogP contribution in [0.25, 0.3) is 5.53 Å². The second-order valence-corrected chi connectivity index (χ2v) is 4.72. The van der Waals surface area contributed by atoms with E-state index in [4.69, 9.17) is 15.0 Å². The maximum atomic E-state index is 12.4. The zero-order valence-corrected chi connectivity index (χ0v) is 11.4. The molecule has 1 heterocycles. The summed E-state index contributed by atoms with van der Waals surface area (Å²) >= 11 is 0. The summed E-state index contributed by atoms with van der Waals surface area (Å²) in [6.45, 7) is 2.44. The summed E-state index contributed by atoms with van der Waals surface area (Å²) in [6.07, 6.45) is 3.21. The van der Waals surface area contributed by atoms with Crippen LogP contribution in [0, 0.1) is 5.92 Å². The molecule has 0 spiro atoms. The number of fused-ring (bicyclic) bond motifs is 1. The predicted molar refractivity (Wildman–Crippen MR) is 66.8 cm³/mol. The largest absolute Gasteiger partial charge is 0.493 e. The van der Waals surface area contributed by atoms with Crippen molar-refractivity contribution in [2.45, 2.75) is 25.4 Å². The fraction of sp³-hybridized carbons (Fsp3) is 0.615. The number of carbonyl (C=O) groups is 2. The van der Waals surface area contributed by atoms with E-state index >= 15 is 0 Å². The minimum Gasteiger partial charge on any atom is -0.493 e. The molecule has 1 saturated heterocycles. The van der Waals surface area contributed by atoms with Gasteiger partial charge in [0.25, 0.3) is 5.78 Å². The van der Waals surface area contributed by atoms with Crippen LogP contribution in [0.1, 0.15) is 19.8 Å².